The highest BCUT2D eigenvalue weighted by molar-refractivity contribution is 5.95. The van der Waals surface area contributed by atoms with Gasteiger partial charge in [0.05, 0.1) is 6.42 Å². The maximum atomic E-state index is 13.2. The molecular formula is C31H25F3N2O7. The topological polar surface area (TPSA) is 123 Å². The smallest absolute Gasteiger partial charge is 0.481 e. The third kappa shape index (κ3) is 9.52. The molecule has 12 heteroatoms. The number of rotatable bonds is 11. The first-order chi connectivity index (χ1) is 20.6. The second-order valence-electron chi connectivity index (χ2n) is 9.01. The van der Waals surface area contributed by atoms with Crippen LogP contribution in [0, 0.1) is 0 Å². The molecular weight excluding hydrogens is 569 g/mol. The summed E-state index contributed by atoms with van der Waals surface area (Å²) in [5.74, 6) is -1.09. The maximum absolute atomic E-state index is 13.2. The Bertz CT molecular complexity index is 1560. The number of carboxylic acids is 1. The Morgan fingerprint density at radius 2 is 1.42 bits per heavy atom. The number of anilines is 1. The molecule has 0 aliphatic heterocycles. The largest absolute Gasteiger partial charge is 0.573 e. The standard InChI is InChI=1S/C31H25F3N2O7/c32-31(33,34)43-27-8-4-7-26(25(27)19-20-9-15-24(16-10-20)41-23-5-2-1-3-6-23)42-30(40)36-22-13-11-21(12-14-22)29(39)35-18-17-28(37)38/h1-16H,17-19H2,(H,35,39)(H,36,40)(H,37,38). The lowest BCUT2D eigenvalue weighted by molar-refractivity contribution is -0.274. The molecule has 0 spiro atoms. The van der Waals surface area contributed by atoms with Crippen molar-refractivity contribution in [2.75, 3.05) is 11.9 Å². The summed E-state index contributed by atoms with van der Waals surface area (Å²) in [6, 6.07) is 25.1. The minimum absolute atomic E-state index is 0.0138. The van der Waals surface area contributed by atoms with Crippen LogP contribution in [0.1, 0.15) is 27.9 Å². The molecule has 0 bridgehead atoms. The molecule has 0 aliphatic rings. The van der Waals surface area contributed by atoms with E-state index in [1.165, 1.54) is 36.4 Å². The summed E-state index contributed by atoms with van der Waals surface area (Å²) >= 11 is 0. The number of alkyl halides is 3. The van der Waals surface area contributed by atoms with Gasteiger partial charge in [-0.2, -0.15) is 0 Å². The molecule has 0 fully saturated rings. The van der Waals surface area contributed by atoms with Gasteiger partial charge in [0, 0.05) is 29.8 Å². The van der Waals surface area contributed by atoms with Gasteiger partial charge in [-0.1, -0.05) is 36.4 Å². The van der Waals surface area contributed by atoms with E-state index < -0.39 is 30.1 Å². The van der Waals surface area contributed by atoms with Crippen LogP contribution in [-0.4, -0.2) is 36.0 Å². The average molecular weight is 595 g/mol. The van der Waals surface area contributed by atoms with Gasteiger partial charge in [0.1, 0.15) is 23.0 Å². The molecule has 43 heavy (non-hydrogen) atoms. The average Bonchev–Trinajstić information content (AvgIpc) is 2.95. The molecule has 0 saturated heterocycles. The molecule has 4 aromatic rings. The summed E-state index contributed by atoms with van der Waals surface area (Å²) in [6.45, 7) is -0.0500. The minimum atomic E-state index is -4.98. The van der Waals surface area contributed by atoms with Crippen molar-refractivity contribution >= 4 is 23.7 Å². The minimum Gasteiger partial charge on any atom is -0.481 e. The lowest BCUT2D eigenvalue weighted by Crippen LogP contribution is -2.26. The summed E-state index contributed by atoms with van der Waals surface area (Å²) in [7, 11) is 0. The number of ether oxygens (including phenoxy) is 3. The van der Waals surface area contributed by atoms with Gasteiger partial charge in [0.25, 0.3) is 5.91 Å². The Morgan fingerprint density at radius 3 is 2.07 bits per heavy atom. The van der Waals surface area contributed by atoms with E-state index >= 15 is 0 Å². The van der Waals surface area contributed by atoms with Crippen molar-refractivity contribution in [2.45, 2.75) is 19.2 Å². The first-order valence-electron chi connectivity index (χ1n) is 12.8. The van der Waals surface area contributed by atoms with Gasteiger partial charge in [-0.3, -0.25) is 14.9 Å². The van der Waals surface area contributed by atoms with E-state index in [-0.39, 0.29) is 42.0 Å². The first-order valence-corrected chi connectivity index (χ1v) is 12.8. The number of halogens is 3. The van der Waals surface area contributed by atoms with Crippen LogP contribution in [0.4, 0.5) is 23.7 Å². The van der Waals surface area contributed by atoms with E-state index in [4.69, 9.17) is 14.6 Å². The van der Waals surface area contributed by atoms with Crippen molar-refractivity contribution < 1.29 is 46.9 Å². The van der Waals surface area contributed by atoms with E-state index in [2.05, 4.69) is 15.4 Å². The fraction of sp³-hybridized carbons (Fsp3) is 0.129. The van der Waals surface area contributed by atoms with Crippen LogP contribution in [-0.2, 0) is 11.2 Å². The Morgan fingerprint density at radius 1 is 0.767 bits per heavy atom. The number of carbonyl (C=O) groups is 3. The van der Waals surface area contributed by atoms with E-state index in [0.717, 1.165) is 6.07 Å². The highest BCUT2D eigenvalue weighted by Gasteiger charge is 2.33. The van der Waals surface area contributed by atoms with Gasteiger partial charge in [0.15, 0.2) is 0 Å². The predicted octanol–water partition coefficient (Wildman–Crippen LogP) is 6.78. The van der Waals surface area contributed by atoms with Gasteiger partial charge < -0.3 is 24.6 Å². The number of hydrogen-bond donors (Lipinski definition) is 3. The summed E-state index contributed by atoms with van der Waals surface area (Å²) in [5, 5.41) is 13.6. The normalized spacial score (nSPS) is 10.9. The quantitative estimate of drug-likeness (QED) is 0.175. The summed E-state index contributed by atoms with van der Waals surface area (Å²) in [4.78, 5) is 35.4. The second kappa shape index (κ2) is 13.9. The van der Waals surface area contributed by atoms with Gasteiger partial charge >= 0.3 is 18.4 Å². The summed E-state index contributed by atoms with van der Waals surface area (Å²) in [6.07, 6.45) is -6.27. The van der Waals surface area contributed by atoms with Crippen LogP contribution in [0.25, 0.3) is 0 Å². The number of nitrogens with one attached hydrogen (secondary N) is 2. The summed E-state index contributed by atoms with van der Waals surface area (Å²) < 4.78 is 54.9. The van der Waals surface area contributed by atoms with Crippen LogP contribution in [0.3, 0.4) is 0 Å². The summed E-state index contributed by atoms with van der Waals surface area (Å²) in [5.41, 5.74) is 1.05. The Labute approximate surface area is 243 Å². The van der Waals surface area contributed by atoms with Gasteiger partial charge in [-0.25, -0.2) is 4.79 Å². The molecule has 0 unspecified atom stereocenters. The molecule has 0 aromatic heterocycles. The lowest BCUT2D eigenvalue weighted by Gasteiger charge is -2.17. The fourth-order valence-electron chi connectivity index (χ4n) is 3.87. The molecule has 0 aliphatic carbocycles. The SMILES string of the molecule is O=C(O)CCNC(=O)c1ccc(NC(=O)Oc2cccc(OC(F)(F)F)c2Cc2ccc(Oc3ccccc3)cc2)cc1. The van der Waals surface area contributed by atoms with Crippen molar-refractivity contribution in [2.24, 2.45) is 0 Å². The zero-order chi connectivity index (χ0) is 30.8. The van der Waals surface area contributed by atoms with Crippen LogP contribution in [0.5, 0.6) is 23.0 Å². The molecule has 222 valence electrons. The Balaban J connectivity index is 1.46. The molecule has 0 saturated carbocycles. The van der Waals surface area contributed by atoms with Crippen LogP contribution < -0.4 is 24.8 Å². The molecule has 4 rings (SSSR count). The van der Waals surface area contributed by atoms with Crippen molar-refractivity contribution in [3.8, 4) is 23.0 Å². The number of carboxylic acid groups (broad SMARTS) is 1. The first kappa shape index (κ1) is 30.4. The highest BCUT2D eigenvalue weighted by atomic mass is 19.4. The lowest BCUT2D eigenvalue weighted by atomic mass is 10.0. The van der Waals surface area contributed by atoms with Gasteiger partial charge in [0.2, 0.25) is 0 Å². The number of aliphatic carboxylic acids is 1. The van der Waals surface area contributed by atoms with Crippen molar-refractivity contribution in [3.63, 3.8) is 0 Å². The zero-order valence-electron chi connectivity index (χ0n) is 22.4. The van der Waals surface area contributed by atoms with Crippen molar-refractivity contribution in [1.82, 2.24) is 5.32 Å². The maximum Gasteiger partial charge on any atom is 0.573 e. The number of para-hydroxylation sites is 1. The predicted molar refractivity (Wildman–Crippen MR) is 150 cm³/mol. The monoisotopic (exact) mass is 594 g/mol. The van der Waals surface area contributed by atoms with Crippen LogP contribution >= 0.6 is 0 Å². The second-order valence-corrected chi connectivity index (χ2v) is 9.01. The highest BCUT2D eigenvalue weighted by Crippen LogP contribution is 2.35. The molecule has 4 aromatic carbocycles. The van der Waals surface area contributed by atoms with E-state index in [1.54, 1.807) is 36.4 Å². The number of hydrogen-bond acceptors (Lipinski definition) is 6. The number of amides is 2. The van der Waals surface area contributed by atoms with Gasteiger partial charge in [-0.15, -0.1) is 13.2 Å². The molecule has 3 N–H and O–H groups in total. The molecule has 9 nitrogen and oxygen atoms in total. The van der Waals surface area contributed by atoms with Crippen molar-refractivity contribution in [1.29, 1.82) is 0 Å². The van der Waals surface area contributed by atoms with Gasteiger partial charge in [-0.05, 0) is 66.2 Å². The molecule has 2 amide bonds. The van der Waals surface area contributed by atoms with E-state index in [9.17, 15) is 27.6 Å². The number of benzene rings is 4. The zero-order valence-corrected chi connectivity index (χ0v) is 22.4. The molecule has 0 radical (unpaired) electrons. The fourth-order valence-corrected chi connectivity index (χ4v) is 3.87. The Kier molecular flexibility index (Phi) is 9.84. The third-order valence-corrected chi connectivity index (χ3v) is 5.82. The number of carbonyl (C=O) groups excluding carboxylic acids is 2. The molecule has 0 atom stereocenters. The Hall–Kier alpha value is -5.52. The third-order valence-electron chi connectivity index (χ3n) is 5.82. The van der Waals surface area contributed by atoms with E-state index in [0.29, 0.717) is 17.1 Å². The van der Waals surface area contributed by atoms with Crippen LogP contribution in [0.2, 0.25) is 0 Å². The molecule has 0 heterocycles. The van der Waals surface area contributed by atoms with E-state index in [1.807, 2.05) is 18.2 Å². The van der Waals surface area contributed by atoms with Crippen molar-refractivity contribution in [3.05, 3.63) is 114 Å². The van der Waals surface area contributed by atoms with Crippen LogP contribution in [0.15, 0.2) is 97.1 Å².